The van der Waals surface area contributed by atoms with Crippen molar-refractivity contribution < 1.29 is 4.74 Å². The van der Waals surface area contributed by atoms with Crippen molar-refractivity contribution in [3.8, 4) is 11.8 Å². The summed E-state index contributed by atoms with van der Waals surface area (Å²) >= 11 is 0. The Morgan fingerprint density at radius 2 is 2.06 bits per heavy atom. The van der Waals surface area contributed by atoms with Gasteiger partial charge in [0.1, 0.15) is 24.2 Å². The standard InChI is InChI=1S/C13H12N4O/c14-8-10-4-1-2-6-12(10)18-9-11-5-3-7-13(16-11)17-15/h1-7H,9,15H2,(H,16,17). The van der Waals surface area contributed by atoms with E-state index in [2.05, 4.69) is 16.5 Å². The van der Waals surface area contributed by atoms with Crippen LogP contribution in [0.25, 0.3) is 0 Å². The molecule has 0 saturated carbocycles. The molecule has 90 valence electrons. The molecule has 0 radical (unpaired) electrons. The van der Waals surface area contributed by atoms with Gasteiger partial charge in [-0.2, -0.15) is 5.26 Å². The molecule has 0 saturated heterocycles. The molecular formula is C13H12N4O. The Labute approximate surface area is 105 Å². The van der Waals surface area contributed by atoms with Crippen molar-refractivity contribution in [1.82, 2.24) is 4.98 Å². The number of benzene rings is 1. The Hall–Kier alpha value is -2.58. The molecule has 1 aromatic heterocycles. The Morgan fingerprint density at radius 1 is 1.22 bits per heavy atom. The van der Waals surface area contributed by atoms with Gasteiger partial charge in [-0.25, -0.2) is 10.8 Å². The van der Waals surface area contributed by atoms with Gasteiger partial charge in [0.05, 0.1) is 11.3 Å². The largest absolute Gasteiger partial charge is 0.486 e. The highest BCUT2D eigenvalue weighted by Crippen LogP contribution is 2.18. The SMILES string of the molecule is N#Cc1ccccc1OCc1cccc(NN)n1. The van der Waals surface area contributed by atoms with Crippen LogP contribution in [0.1, 0.15) is 11.3 Å². The Balaban J connectivity index is 2.09. The Morgan fingerprint density at radius 3 is 2.83 bits per heavy atom. The van der Waals surface area contributed by atoms with Crippen LogP contribution in [0.3, 0.4) is 0 Å². The summed E-state index contributed by atoms with van der Waals surface area (Å²) in [5.74, 6) is 6.40. The molecule has 0 aliphatic rings. The first-order valence-electron chi connectivity index (χ1n) is 5.38. The van der Waals surface area contributed by atoms with Gasteiger partial charge in [0.15, 0.2) is 0 Å². The molecule has 0 spiro atoms. The number of hydrogen-bond acceptors (Lipinski definition) is 5. The van der Waals surface area contributed by atoms with E-state index in [9.17, 15) is 0 Å². The number of para-hydroxylation sites is 1. The lowest BCUT2D eigenvalue weighted by Crippen LogP contribution is -2.09. The van der Waals surface area contributed by atoms with Crippen LogP contribution in [-0.2, 0) is 6.61 Å². The minimum Gasteiger partial charge on any atom is -0.486 e. The highest BCUT2D eigenvalue weighted by atomic mass is 16.5. The van der Waals surface area contributed by atoms with Crippen molar-refractivity contribution >= 4 is 5.82 Å². The summed E-state index contributed by atoms with van der Waals surface area (Å²) < 4.78 is 5.56. The van der Waals surface area contributed by atoms with Crippen LogP contribution < -0.4 is 16.0 Å². The van der Waals surface area contributed by atoms with E-state index in [0.717, 1.165) is 5.69 Å². The molecule has 3 N–H and O–H groups in total. The summed E-state index contributed by atoms with van der Waals surface area (Å²) in [5.41, 5.74) is 3.71. The quantitative estimate of drug-likeness (QED) is 0.629. The van der Waals surface area contributed by atoms with E-state index in [-0.39, 0.29) is 6.61 Å². The van der Waals surface area contributed by atoms with E-state index in [1.165, 1.54) is 0 Å². The van der Waals surface area contributed by atoms with Gasteiger partial charge in [-0.3, -0.25) is 0 Å². The van der Waals surface area contributed by atoms with Crippen LogP contribution >= 0.6 is 0 Å². The van der Waals surface area contributed by atoms with E-state index in [1.54, 1.807) is 24.3 Å². The first-order valence-corrected chi connectivity index (χ1v) is 5.38. The zero-order valence-corrected chi connectivity index (χ0v) is 9.63. The fourth-order valence-electron chi connectivity index (χ4n) is 1.48. The molecule has 1 aromatic carbocycles. The highest BCUT2D eigenvalue weighted by Gasteiger charge is 2.03. The number of nitrogen functional groups attached to an aromatic ring is 1. The molecule has 18 heavy (non-hydrogen) atoms. The first kappa shape index (κ1) is 11.9. The average Bonchev–Trinajstić information content (AvgIpc) is 2.45. The monoisotopic (exact) mass is 240 g/mol. The number of hydrogen-bond donors (Lipinski definition) is 2. The smallest absolute Gasteiger partial charge is 0.140 e. The molecule has 2 rings (SSSR count). The third-order valence-corrected chi connectivity index (χ3v) is 2.34. The zero-order chi connectivity index (χ0) is 12.8. The number of hydrazine groups is 1. The third kappa shape index (κ3) is 2.75. The average molecular weight is 240 g/mol. The molecule has 5 heteroatoms. The van der Waals surface area contributed by atoms with E-state index < -0.39 is 0 Å². The number of aromatic nitrogens is 1. The summed E-state index contributed by atoms with van der Waals surface area (Å²) in [6, 6.07) is 14.6. The molecule has 0 atom stereocenters. The van der Waals surface area contributed by atoms with Gasteiger partial charge in [0.2, 0.25) is 0 Å². The van der Waals surface area contributed by atoms with Gasteiger partial charge >= 0.3 is 0 Å². The molecule has 0 unspecified atom stereocenters. The van der Waals surface area contributed by atoms with Crippen LogP contribution in [-0.4, -0.2) is 4.98 Å². The summed E-state index contributed by atoms with van der Waals surface area (Å²) in [5, 5.41) is 8.93. The van der Waals surface area contributed by atoms with Crippen molar-refractivity contribution in [3.05, 3.63) is 53.7 Å². The minimum absolute atomic E-state index is 0.286. The fourth-order valence-corrected chi connectivity index (χ4v) is 1.48. The van der Waals surface area contributed by atoms with Crippen molar-refractivity contribution in [2.45, 2.75) is 6.61 Å². The maximum atomic E-state index is 8.93. The van der Waals surface area contributed by atoms with Crippen molar-refractivity contribution in [3.63, 3.8) is 0 Å². The molecule has 0 aliphatic heterocycles. The summed E-state index contributed by atoms with van der Waals surface area (Å²) in [7, 11) is 0. The van der Waals surface area contributed by atoms with Gasteiger partial charge in [0.25, 0.3) is 0 Å². The number of nitriles is 1. The predicted molar refractivity (Wildman–Crippen MR) is 67.5 cm³/mol. The van der Waals surface area contributed by atoms with Crippen LogP contribution in [0.5, 0.6) is 5.75 Å². The van der Waals surface area contributed by atoms with Gasteiger partial charge in [-0.1, -0.05) is 18.2 Å². The van der Waals surface area contributed by atoms with Crippen molar-refractivity contribution in [2.24, 2.45) is 5.84 Å². The van der Waals surface area contributed by atoms with Gasteiger partial charge in [-0.15, -0.1) is 0 Å². The number of ether oxygens (including phenoxy) is 1. The molecule has 0 fully saturated rings. The lowest BCUT2D eigenvalue weighted by atomic mass is 10.2. The highest BCUT2D eigenvalue weighted by molar-refractivity contribution is 5.42. The number of nitrogens with zero attached hydrogens (tertiary/aromatic N) is 2. The molecule has 0 bridgehead atoms. The normalized spacial score (nSPS) is 9.56. The van der Waals surface area contributed by atoms with Gasteiger partial charge in [0, 0.05) is 0 Å². The number of pyridine rings is 1. The number of nitrogens with one attached hydrogen (secondary N) is 1. The van der Waals surface area contributed by atoms with E-state index >= 15 is 0 Å². The van der Waals surface area contributed by atoms with Crippen LogP contribution in [0, 0.1) is 11.3 Å². The molecule has 0 aliphatic carbocycles. The fraction of sp³-hybridized carbons (Fsp3) is 0.0769. The Kier molecular flexibility index (Phi) is 3.74. The lowest BCUT2D eigenvalue weighted by molar-refractivity contribution is 0.300. The molecule has 0 amide bonds. The van der Waals surface area contributed by atoms with Crippen LogP contribution in [0.2, 0.25) is 0 Å². The number of rotatable bonds is 4. The Bertz CT molecular complexity index is 577. The first-order chi connectivity index (χ1) is 8.83. The number of anilines is 1. The molecular weight excluding hydrogens is 228 g/mol. The molecule has 5 nitrogen and oxygen atoms in total. The molecule has 1 heterocycles. The second-order valence-corrected chi connectivity index (χ2v) is 3.56. The van der Waals surface area contributed by atoms with E-state index in [0.29, 0.717) is 17.1 Å². The van der Waals surface area contributed by atoms with Gasteiger partial charge in [-0.05, 0) is 24.3 Å². The maximum absolute atomic E-state index is 8.93. The van der Waals surface area contributed by atoms with Crippen molar-refractivity contribution in [1.29, 1.82) is 5.26 Å². The molecule has 2 aromatic rings. The van der Waals surface area contributed by atoms with Crippen LogP contribution in [0.4, 0.5) is 5.82 Å². The summed E-state index contributed by atoms with van der Waals surface area (Å²) in [6.45, 7) is 0.286. The second kappa shape index (κ2) is 5.66. The second-order valence-electron chi connectivity index (χ2n) is 3.56. The van der Waals surface area contributed by atoms with Crippen molar-refractivity contribution in [2.75, 3.05) is 5.43 Å². The van der Waals surface area contributed by atoms with E-state index in [1.807, 2.05) is 18.2 Å². The summed E-state index contributed by atoms with van der Waals surface area (Å²) in [4.78, 5) is 4.22. The van der Waals surface area contributed by atoms with Crippen LogP contribution in [0.15, 0.2) is 42.5 Å². The third-order valence-electron chi connectivity index (χ3n) is 2.34. The topological polar surface area (TPSA) is 84.0 Å². The lowest BCUT2D eigenvalue weighted by Gasteiger charge is -2.08. The maximum Gasteiger partial charge on any atom is 0.140 e. The van der Waals surface area contributed by atoms with Gasteiger partial charge < -0.3 is 10.2 Å². The minimum atomic E-state index is 0.286. The summed E-state index contributed by atoms with van der Waals surface area (Å²) in [6.07, 6.45) is 0. The van der Waals surface area contributed by atoms with E-state index in [4.69, 9.17) is 15.8 Å². The predicted octanol–water partition coefficient (Wildman–Crippen LogP) is 1.82. The zero-order valence-electron chi connectivity index (χ0n) is 9.63. The number of nitrogens with two attached hydrogens (primary N) is 1.